The van der Waals surface area contributed by atoms with E-state index in [1.165, 1.54) is 12.1 Å². The van der Waals surface area contributed by atoms with Crippen LogP contribution in [0.15, 0.2) is 29.2 Å². The third-order valence-electron chi connectivity index (χ3n) is 3.30. The zero-order valence-electron chi connectivity index (χ0n) is 10.8. The summed E-state index contributed by atoms with van der Waals surface area (Å²) in [6, 6.07) is 5.96. The van der Waals surface area contributed by atoms with Gasteiger partial charge in [0.2, 0.25) is 10.0 Å². The van der Waals surface area contributed by atoms with Crippen molar-refractivity contribution in [3.63, 3.8) is 0 Å². The van der Waals surface area contributed by atoms with Gasteiger partial charge in [0.05, 0.1) is 11.0 Å². The third-order valence-corrected chi connectivity index (χ3v) is 4.83. The van der Waals surface area contributed by atoms with Gasteiger partial charge < -0.3 is 10.2 Å². The minimum atomic E-state index is -3.57. The molecule has 110 valence electrons. The number of hydrogen-bond donors (Lipinski definition) is 3. The Balaban J connectivity index is 1.99. The van der Waals surface area contributed by atoms with Gasteiger partial charge in [-0.25, -0.2) is 13.1 Å². The Labute approximate surface area is 117 Å². The van der Waals surface area contributed by atoms with Crippen LogP contribution in [0.1, 0.15) is 24.8 Å². The number of aliphatic carboxylic acids is 1. The summed E-state index contributed by atoms with van der Waals surface area (Å²) >= 11 is 0. The summed E-state index contributed by atoms with van der Waals surface area (Å²) in [5.41, 5.74) is 0.783. The van der Waals surface area contributed by atoms with Crippen LogP contribution in [0, 0.1) is 0 Å². The maximum atomic E-state index is 12.0. The molecule has 0 bridgehead atoms. The Morgan fingerprint density at radius 2 is 1.85 bits per heavy atom. The number of benzene rings is 1. The molecule has 1 aromatic carbocycles. The lowest BCUT2D eigenvalue weighted by Crippen LogP contribution is -2.46. The molecule has 1 saturated carbocycles. The monoisotopic (exact) mass is 299 g/mol. The first-order chi connectivity index (χ1) is 9.37. The van der Waals surface area contributed by atoms with Crippen LogP contribution >= 0.6 is 0 Å². The predicted octanol–water partition coefficient (Wildman–Crippen LogP) is 0.505. The summed E-state index contributed by atoms with van der Waals surface area (Å²) in [5, 5.41) is 17.7. The summed E-state index contributed by atoms with van der Waals surface area (Å²) in [6.45, 7) is 0. The molecule has 0 saturated heterocycles. The van der Waals surface area contributed by atoms with Gasteiger partial charge in [-0.2, -0.15) is 0 Å². The molecule has 1 aromatic rings. The topological polar surface area (TPSA) is 104 Å². The summed E-state index contributed by atoms with van der Waals surface area (Å²) in [7, 11) is -3.57. The van der Waals surface area contributed by atoms with Crippen LogP contribution in [0.5, 0.6) is 0 Å². The SMILES string of the molecule is O=C(O)CCc1ccc(S(=O)(=O)NC2CC(O)C2)cc1. The van der Waals surface area contributed by atoms with E-state index in [0.29, 0.717) is 19.3 Å². The van der Waals surface area contributed by atoms with Gasteiger partial charge >= 0.3 is 5.97 Å². The van der Waals surface area contributed by atoms with Crippen molar-refractivity contribution < 1.29 is 23.4 Å². The number of carboxylic acids is 1. The lowest BCUT2D eigenvalue weighted by molar-refractivity contribution is -0.136. The normalized spacial score (nSPS) is 22.2. The van der Waals surface area contributed by atoms with Crippen LogP contribution in [-0.2, 0) is 21.2 Å². The molecule has 0 aliphatic heterocycles. The second-order valence-corrected chi connectivity index (χ2v) is 6.70. The number of aliphatic hydroxyl groups is 1. The van der Waals surface area contributed by atoms with E-state index in [9.17, 15) is 13.2 Å². The smallest absolute Gasteiger partial charge is 0.303 e. The van der Waals surface area contributed by atoms with Gasteiger partial charge in [0.25, 0.3) is 0 Å². The summed E-state index contributed by atoms with van der Waals surface area (Å²) in [5.74, 6) is -0.882. The van der Waals surface area contributed by atoms with Gasteiger partial charge in [-0.1, -0.05) is 12.1 Å². The van der Waals surface area contributed by atoms with Gasteiger partial charge in [-0.3, -0.25) is 4.79 Å². The first kappa shape index (κ1) is 15.0. The number of carboxylic acid groups (broad SMARTS) is 1. The van der Waals surface area contributed by atoms with Crippen molar-refractivity contribution in [1.82, 2.24) is 4.72 Å². The van der Waals surface area contributed by atoms with E-state index in [1.807, 2.05) is 0 Å². The molecule has 6 nitrogen and oxygen atoms in total. The minimum Gasteiger partial charge on any atom is -0.481 e. The number of nitrogens with one attached hydrogen (secondary N) is 1. The van der Waals surface area contributed by atoms with Crippen molar-refractivity contribution in [3.8, 4) is 0 Å². The highest BCUT2D eigenvalue weighted by Gasteiger charge is 2.31. The maximum absolute atomic E-state index is 12.0. The number of aryl methyl sites for hydroxylation is 1. The molecule has 7 heteroatoms. The number of rotatable bonds is 6. The van der Waals surface area contributed by atoms with Crippen molar-refractivity contribution >= 4 is 16.0 Å². The van der Waals surface area contributed by atoms with Gasteiger partial charge in [-0.05, 0) is 37.0 Å². The zero-order valence-corrected chi connectivity index (χ0v) is 11.6. The Morgan fingerprint density at radius 3 is 2.35 bits per heavy atom. The van der Waals surface area contributed by atoms with Gasteiger partial charge in [-0.15, -0.1) is 0 Å². The second kappa shape index (κ2) is 5.90. The van der Waals surface area contributed by atoms with Crippen molar-refractivity contribution in [2.45, 2.75) is 42.7 Å². The van der Waals surface area contributed by atoms with E-state index in [2.05, 4.69) is 4.72 Å². The highest BCUT2D eigenvalue weighted by molar-refractivity contribution is 7.89. The van der Waals surface area contributed by atoms with Crippen LogP contribution in [0.3, 0.4) is 0 Å². The zero-order chi connectivity index (χ0) is 14.8. The summed E-state index contributed by atoms with van der Waals surface area (Å²) in [6.07, 6.45) is 0.856. The van der Waals surface area contributed by atoms with Crippen LogP contribution in [0.4, 0.5) is 0 Å². The van der Waals surface area contributed by atoms with E-state index in [4.69, 9.17) is 10.2 Å². The molecule has 0 heterocycles. The molecular formula is C13H17NO5S. The largest absolute Gasteiger partial charge is 0.481 e. The molecule has 0 amide bonds. The lowest BCUT2D eigenvalue weighted by atomic mass is 9.91. The van der Waals surface area contributed by atoms with Gasteiger partial charge in [0.1, 0.15) is 0 Å². The fourth-order valence-corrected chi connectivity index (χ4v) is 3.32. The van der Waals surface area contributed by atoms with E-state index in [-0.39, 0.29) is 17.4 Å². The van der Waals surface area contributed by atoms with Gasteiger partial charge in [0, 0.05) is 12.5 Å². The second-order valence-electron chi connectivity index (χ2n) is 4.98. The average Bonchev–Trinajstić information content (AvgIpc) is 2.35. The van der Waals surface area contributed by atoms with Crippen LogP contribution in [0.2, 0.25) is 0 Å². The van der Waals surface area contributed by atoms with Crippen LogP contribution in [0.25, 0.3) is 0 Å². The number of hydrogen-bond acceptors (Lipinski definition) is 4. The number of sulfonamides is 1. The molecule has 3 N–H and O–H groups in total. The van der Waals surface area contributed by atoms with Crippen molar-refractivity contribution in [2.75, 3.05) is 0 Å². The minimum absolute atomic E-state index is 0.0182. The van der Waals surface area contributed by atoms with Crippen LogP contribution in [-0.4, -0.2) is 36.7 Å². The molecule has 20 heavy (non-hydrogen) atoms. The van der Waals surface area contributed by atoms with Crippen LogP contribution < -0.4 is 4.72 Å². The van der Waals surface area contributed by atoms with E-state index in [0.717, 1.165) is 5.56 Å². The van der Waals surface area contributed by atoms with Gasteiger partial charge in [0.15, 0.2) is 0 Å². The molecule has 0 atom stereocenters. The third kappa shape index (κ3) is 3.78. The van der Waals surface area contributed by atoms with E-state index in [1.54, 1.807) is 12.1 Å². The van der Waals surface area contributed by atoms with Crippen molar-refractivity contribution in [1.29, 1.82) is 0 Å². The van der Waals surface area contributed by atoms with E-state index >= 15 is 0 Å². The van der Waals surface area contributed by atoms with Crippen molar-refractivity contribution in [3.05, 3.63) is 29.8 Å². The maximum Gasteiger partial charge on any atom is 0.303 e. The lowest BCUT2D eigenvalue weighted by Gasteiger charge is -2.31. The quantitative estimate of drug-likeness (QED) is 0.710. The number of carbonyl (C=O) groups is 1. The molecule has 0 unspecified atom stereocenters. The Hall–Kier alpha value is -1.44. The molecule has 2 rings (SSSR count). The Morgan fingerprint density at radius 1 is 1.25 bits per heavy atom. The molecule has 1 fully saturated rings. The highest BCUT2D eigenvalue weighted by Crippen LogP contribution is 2.22. The Bertz CT molecular complexity index is 575. The molecule has 1 aliphatic carbocycles. The predicted molar refractivity (Wildman–Crippen MR) is 71.7 cm³/mol. The molecule has 1 aliphatic rings. The highest BCUT2D eigenvalue weighted by atomic mass is 32.2. The van der Waals surface area contributed by atoms with E-state index < -0.39 is 22.1 Å². The standard InChI is InChI=1S/C13H17NO5S/c15-11-7-10(8-11)14-20(18,19)12-4-1-9(2-5-12)3-6-13(16)17/h1-2,4-5,10-11,14-15H,3,6-8H2,(H,16,17). The first-order valence-corrected chi connectivity index (χ1v) is 7.86. The fourth-order valence-electron chi connectivity index (χ4n) is 2.06. The fraction of sp³-hybridized carbons (Fsp3) is 0.462. The molecular weight excluding hydrogens is 282 g/mol. The van der Waals surface area contributed by atoms with Crippen molar-refractivity contribution in [2.24, 2.45) is 0 Å². The average molecular weight is 299 g/mol. The summed E-state index contributed by atoms with van der Waals surface area (Å²) < 4.78 is 26.6. The Kier molecular flexibility index (Phi) is 4.42. The molecule has 0 aromatic heterocycles. The number of aliphatic hydroxyl groups excluding tert-OH is 1. The molecule has 0 radical (unpaired) electrons. The molecule has 0 spiro atoms. The summed E-state index contributed by atoms with van der Waals surface area (Å²) in [4.78, 5) is 10.6. The first-order valence-electron chi connectivity index (χ1n) is 6.38.